The molecule has 1 aromatic heterocycles. The highest BCUT2D eigenvalue weighted by Gasteiger charge is 2.14. The van der Waals surface area contributed by atoms with Crippen LogP contribution in [0.2, 0.25) is 0 Å². The molecule has 0 fully saturated rings. The van der Waals surface area contributed by atoms with Crippen molar-refractivity contribution >= 4 is 11.8 Å². The van der Waals surface area contributed by atoms with E-state index in [9.17, 15) is 0 Å². The quantitative estimate of drug-likeness (QED) is 0.765. The molecule has 22 heavy (non-hydrogen) atoms. The van der Waals surface area contributed by atoms with Crippen LogP contribution in [0.5, 0.6) is 0 Å². The second-order valence-corrected chi connectivity index (χ2v) is 6.05. The highest BCUT2D eigenvalue weighted by molar-refractivity contribution is 7.99. The van der Waals surface area contributed by atoms with Gasteiger partial charge in [-0.3, -0.25) is 0 Å². The highest BCUT2D eigenvalue weighted by Crippen LogP contribution is 2.25. The molecule has 1 atom stereocenters. The summed E-state index contributed by atoms with van der Waals surface area (Å²) in [5.41, 5.74) is 2.23. The fourth-order valence-electron chi connectivity index (χ4n) is 1.99. The van der Waals surface area contributed by atoms with E-state index in [0.29, 0.717) is 18.6 Å². The Balaban J connectivity index is 2.07. The van der Waals surface area contributed by atoms with Gasteiger partial charge in [0.15, 0.2) is 11.0 Å². The third kappa shape index (κ3) is 3.87. The van der Waals surface area contributed by atoms with Crippen LogP contribution in [0, 0.1) is 35.5 Å². The normalized spacial score (nSPS) is 11.6. The minimum absolute atomic E-state index is 0.135. The first-order valence-corrected chi connectivity index (χ1v) is 8.00. The maximum Gasteiger partial charge on any atom is 0.191 e. The van der Waals surface area contributed by atoms with Crippen LogP contribution in [-0.4, -0.2) is 20.5 Å². The van der Waals surface area contributed by atoms with Gasteiger partial charge >= 0.3 is 0 Å². The highest BCUT2D eigenvalue weighted by atomic mass is 32.2. The molecule has 5 nitrogen and oxygen atoms in total. The van der Waals surface area contributed by atoms with E-state index in [0.717, 1.165) is 16.5 Å². The summed E-state index contributed by atoms with van der Waals surface area (Å²) >= 11 is 1.51. The molecule has 0 radical (unpaired) electrons. The van der Waals surface area contributed by atoms with E-state index in [1.807, 2.05) is 42.8 Å². The van der Waals surface area contributed by atoms with Crippen LogP contribution in [0.1, 0.15) is 18.4 Å². The summed E-state index contributed by atoms with van der Waals surface area (Å²) in [6.45, 7) is 2.05. The Morgan fingerprint density at radius 3 is 2.59 bits per heavy atom. The van der Waals surface area contributed by atoms with Crippen LogP contribution < -0.4 is 0 Å². The van der Waals surface area contributed by atoms with Gasteiger partial charge in [0.05, 0.1) is 18.1 Å². The van der Waals surface area contributed by atoms with Crippen LogP contribution in [0.15, 0.2) is 29.4 Å². The molecule has 2 rings (SSSR count). The van der Waals surface area contributed by atoms with Crippen molar-refractivity contribution < 1.29 is 0 Å². The maximum atomic E-state index is 9.09. The van der Waals surface area contributed by atoms with Crippen molar-refractivity contribution in [2.45, 2.75) is 24.9 Å². The van der Waals surface area contributed by atoms with E-state index in [1.165, 1.54) is 17.3 Å². The predicted molar refractivity (Wildman–Crippen MR) is 85.9 cm³/mol. The zero-order valence-electron chi connectivity index (χ0n) is 12.7. The van der Waals surface area contributed by atoms with Gasteiger partial charge in [-0.25, -0.2) is 0 Å². The number of nitriles is 2. The van der Waals surface area contributed by atoms with Crippen molar-refractivity contribution in [3.8, 4) is 23.5 Å². The van der Waals surface area contributed by atoms with Gasteiger partial charge < -0.3 is 4.57 Å². The first-order chi connectivity index (χ1) is 10.7. The van der Waals surface area contributed by atoms with Gasteiger partial charge in [-0.2, -0.15) is 10.5 Å². The number of hydrogen-bond donors (Lipinski definition) is 0. The lowest BCUT2D eigenvalue weighted by Crippen LogP contribution is -2.02. The second kappa shape index (κ2) is 7.63. The van der Waals surface area contributed by atoms with Crippen LogP contribution in [0.25, 0.3) is 11.4 Å². The number of nitrogens with zero attached hydrogens (tertiary/aromatic N) is 5. The summed E-state index contributed by atoms with van der Waals surface area (Å²) < 4.78 is 1.94. The minimum Gasteiger partial charge on any atom is -0.305 e. The van der Waals surface area contributed by atoms with Crippen molar-refractivity contribution in [3.05, 3.63) is 29.8 Å². The van der Waals surface area contributed by atoms with E-state index in [1.54, 1.807) is 0 Å². The Morgan fingerprint density at radius 2 is 1.95 bits per heavy atom. The molecule has 0 aliphatic heterocycles. The number of aryl methyl sites for hydroxylation is 1. The van der Waals surface area contributed by atoms with E-state index >= 15 is 0 Å². The Bertz CT molecular complexity index is 706. The van der Waals surface area contributed by atoms with Gasteiger partial charge in [0.25, 0.3) is 0 Å². The largest absolute Gasteiger partial charge is 0.305 e. The Morgan fingerprint density at radius 1 is 1.23 bits per heavy atom. The van der Waals surface area contributed by atoms with Crippen molar-refractivity contribution in [1.82, 2.24) is 14.8 Å². The second-order valence-electron chi connectivity index (χ2n) is 5.07. The molecule has 0 spiro atoms. The molecule has 0 bridgehead atoms. The molecule has 2 aromatic rings. The molecule has 0 unspecified atom stereocenters. The zero-order valence-corrected chi connectivity index (χ0v) is 13.5. The molecule has 0 N–H and O–H groups in total. The summed E-state index contributed by atoms with van der Waals surface area (Å²) in [6.07, 6.45) is 1.01. The Labute approximate surface area is 134 Å². The summed E-state index contributed by atoms with van der Waals surface area (Å²) in [7, 11) is 1.92. The van der Waals surface area contributed by atoms with E-state index in [4.69, 9.17) is 10.5 Å². The number of aromatic nitrogens is 3. The van der Waals surface area contributed by atoms with Crippen LogP contribution >= 0.6 is 11.8 Å². The molecule has 0 aliphatic carbocycles. The summed E-state index contributed by atoms with van der Waals surface area (Å²) in [5.74, 6) is 1.30. The van der Waals surface area contributed by atoms with Gasteiger partial charge in [0.2, 0.25) is 0 Å². The first kappa shape index (κ1) is 16.1. The number of benzene rings is 1. The third-order valence-corrected chi connectivity index (χ3v) is 4.53. The summed E-state index contributed by atoms with van der Waals surface area (Å²) in [6, 6.07) is 12.5. The monoisotopic (exact) mass is 311 g/mol. The van der Waals surface area contributed by atoms with Crippen molar-refractivity contribution in [1.29, 1.82) is 10.5 Å². The SMILES string of the molecule is Cc1ccc(-c2nnc(SC[C@@H](C#N)CCC#N)n2C)cc1. The zero-order chi connectivity index (χ0) is 15.9. The lowest BCUT2D eigenvalue weighted by molar-refractivity contribution is 0.682. The summed E-state index contributed by atoms with van der Waals surface area (Å²) in [4.78, 5) is 0. The number of thioether (sulfide) groups is 1. The lowest BCUT2D eigenvalue weighted by Gasteiger charge is -2.07. The van der Waals surface area contributed by atoms with Gasteiger partial charge in [-0.1, -0.05) is 41.6 Å². The molecule has 0 saturated heterocycles. The smallest absolute Gasteiger partial charge is 0.191 e. The minimum atomic E-state index is -0.135. The van der Waals surface area contributed by atoms with Crippen molar-refractivity contribution in [2.24, 2.45) is 13.0 Å². The molecular weight excluding hydrogens is 294 g/mol. The fourth-order valence-corrected chi connectivity index (χ4v) is 2.96. The van der Waals surface area contributed by atoms with Crippen molar-refractivity contribution in [3.63, 3.8) is 0 Å². The molecule has 1 aromatic carbocycles. The molecule has 0 aliphatic rings. The van der Waals surface area contributed by atoms with Crippen molar-refractivity contribution in [2.75, 3.05) is 5.75 Å². The topological polar surface area (TPSA) is 78.3 Å². The Kier molecular flexibility index (Phi) is 5.57. The summed E-state index contributed by atoms with van der Waals surface area (Å²) in [5, 5.41) is 26.9. The average Bonchev–Trinajstić information content (AvgIpc) is 2.89. The number of rotatable bonds is 6. The number of hydrogen-bond acceptors (Lipinski definition) is 5. The molecule has 0 saturated carbocycles. The maximum absolute atomic E-state index is 9.09. The van der Waals surface area contributed by atoms with Gasteiger partial charge in [-0.15, -0.1) is 10.2 Å². The average molecular weight is 311 g/mol. The molecule has 112 valence electrons. The molecule has 6 heteroatoms. The molecular formula is C16H17N5S. The lowest BCUT2D eigenvalue weighted by atomic mass is 10.1. The Hall–Kier alpha value is -2.31. The van der Waals surface area contributed by atoms with Gasteiger partial charge in [-0.05, 0) is 13.3 Å². The van der Waals surface area contributed by atoms with Crippen LogP contribution in [0.3, 0.4) is 0 Å². The van der Waals surface area contributed by atoms with E-state index in [2.05, 4.69) is 22.3 Å². The van der Waals surface area contributed by atoms with Crippen LogP contribution in [0.4, 0.5) is 0 Å². The van der Waals surface area contributed by atoms with Gasteiger partial charge in [0, 0.05) is 24.8 Å². The molecule has 1 heterocycles. The van der Waals surface area contributed by atoms with Crippen LogP contribution in [-0.2, 0) is 7.05 Å². The first-order valence-electron chi connectivity index (χ1n) is 7.01. The predicted octanol–water partition coefficient (Wildman–Crippen LogP) is 3.33. The fraction of sp³-hybridized carbons (Fsp3) is 0.375. The molecule has 0 amide bonds. The standard InChI is InChI=1S/C16H17N5S/c1-12-5-7-14(8-6-12)15-19-20-16(21(15)2)22-11-13(10-18)4-3-9-17/h5-8,13H,3-4,11H2,1-2H3/t13-/m1/s1. The third-order valence-electron chi connectivity index (χ3n) is 3.35. The van der Waals surface area contributed by atoms with E-state index < -0.39 is 0 Å². The van der Waals surface area contributed by atoms with E-state index in [-0.39, 0.29) is 5.92 Å². The van der Waals surface area contributed by atoms with Gasteiger partial charge in [0.1, 0.15) is 0 Å².